The maximum atomic E-state index is 13.0. The van der Waals surface area contributed by atoms with Crippen molar-refractivity contribution < 1.29 is 32.9 Å². The molecule has 74 heavy (non-hydrogen) atoms. The molecule has 0 aliphatic rings. The third kappa shape index (κ3) is 56.9. The molecule has 426 valence electrons. The second-order valence-electron chi connectivity index (χ2n) is 21.3. The fourth-order valence-corrected chi connectivity index (χ4v) is 9.01. The Hall–Kier alpha value is -2.84. The van der Waals surface area contributed by atoms with Gasteiger partial charge in [-0.2, -0.15) is 0 Å². The summed E-state index contributed by atoms with van der Waals surface area (Å²) < 4.78 is 23.7. The number of allylic oxidation sites excluding steroid dienone is 17. The minimum absolute atomic E-state index is 0.0526. The van der Waals surface area contributed by atoms with E-state index in [1.807, 2.05) is 27.2 Å². The van der Waals surface area contributed by atoms with Crippen molar-refractivity contribution in [3.05, 3.63) is 109 Å². The van der Waals surface area contributed by atoms with E-state index >= 15 is 0 Å². The molecule has 0 rings (SSSR count). The fourth-order valence-electron chi connectivity index (χ4n) is 8.27. The van der Waals surface area contributed by atoms with Gasteiger partial charge in [-0.3, -0.25) is 13.8 Å². The zero-order valence-electron chi connectivity index (χ0n) is 48.5. The minimum atomic E-state index is -4.36. The number of hydrogen-bond acceptors (Lipinski definition) is 5. The number of hydrogen-bond donors (Lipinski definition) is 3. The van der Waals surface area contributed by atoms with Crippen molar-refractivity contribution in [1.29, 1.82) is 0 Å². The van der Waals surface area contributed by atoms with E-state index in [1.165, 1.54) is 141 Å². The fraction of sp³-hybridized carbons (Fsp3) is 0.708. The summed E-state index contributed by atoms with van der Waals surface area (Å²) in [5.41, 5.74) is 0. The number of likely N-dealkylation sites (N-methyl/N-ethyl adjacent to an activating group) is 1. The molecule has 0 aromatic rings. The van der Waals surface area contributed by atoms with Gasteiger partial charge >= 0.3 is 7.82 Å². The summed E-state index contributed by atoms with van der Waals surface area (Å²) in [6, 6.07) is -0.868. The molecule has 0 fully saturated rings. The Kier molecular flexibility index (Phi) is 52.8. The van der Waals surface area contributed by atoms with Gasteiger partial charge in [0.05, 0.1) is 39.9 Å². The SMILES string of the molecule is CC/C=C\C/C=C\C/C=C\C/C=C\C/C=C\C/C=C\C/C=C\CCCCCCCCCCCCCCCCCC(=O)NC(COP(=O)(O)OCC[N+](C)(C)C)C(O)/C=C/CC/C=C/CCCCCCCCCCC. The maximum Gasteiger partial charge on any atom is 0.472 e. The third-order valence-electron chi connectivity index (χ3n) is 13.0. The lowest BCUT2D eigenvalue weighted by Gasteiger charge is -2.25. The molecule has 8 nitrogen and oxygen atoms in total. The Morgan fingerprint density at radius 3 is 1.24 bits per heavy atom. The second-order valence-corrected chi connectivity index (χ2v) is 22.8. The number of quaternary nitrogens is 1. The average Bonchev–Trinajstić information content (AvgIpc) is 3.36. The first-order chi connectivity index (χ1) is 36.0. The number of aliphatic hydroxyl groups is 1. The second kappa shape index (κ2) is 54.9. The number of amides is 1. The van der Waals surface area contributed by atoms with Gasteiger partial charge in [-0.25, -0.2) is 4.57 Å². The molecule has 0 saturated carbocycles. The monoisotopic (exact) mass is 1050 g/mol. The van der Waals surface area contributed by atoms with E-state index in [1.54, 1.807) is 6.08 Å². The molecule has 0 spiro atoms. The standard InChI is InChI=1S/C65H115N2O6P/c1-6-8-10-12-14-16-18-20-22-23-24-25-26-27-28-29-30-31-32-33-34-35-36-37-38-39-40-41-42-43-45-47-49-51-53-55-57-59-65(69)66-63(62-73-74(70,71)72-61-60-67(3,4)5)64(68)58-56-54-52-50-48-46-44-21-19-17-15-13-11-9-7-2/h8,10,14,16,20,22,24-25,27-28,30-31,33-34,48,50,56,58,63-64,68H,6-7,9,11-13,15,17-19,21,23,26,29,32,35-47,49,51-55,57,59-62H2,1-5H3,(H-,66,69,70,71)/p+1/b10-8-,16-14-,22-20-,25-24-,28-27-,31-30-,34-33-,50-48+,58-56+. The van der Waals surface area contributed by atoms with E-state index in [-0.39, 0.29) is 19.1 Å². The molecule has 0 heterocycles. The zero-order chi connectivity index (χ0) is 54.2. The number of phosphoric acid groups is 1. The largest absolute Gasteiger partial charge is 0.472 e. The summed E-state index contributed by atoms with van der Waals surface area (Å²) in [6.07, 6.45) is 80.6. The highest BCUT2D eigenvalue weighted by Gasteiger charge is 2.27. The first-order valence-electron chi connectivity index (χ1n) is 30.3. The van der Waals surface area contributed by atoms with Crippen LogP contribution in [0.3, 0.4) is 0 Å². The number of phosphoric ester groups is 1. The van der Waals surface area contributed by atoms with Crippen molar-refractivity contribution in [2.24, 2.45) is 0 Å². The van der Waals surface area contributed by atoms with Gasteiger partial charge in [-0.15, -0.1) is 0 Å². The average molecular weight is 1050 g/mol. The molecule has 0 radical (unpaired) electrons. The Morgan fingerprint density at radius 1 is 0.473 bits per heavy atom. The van der Waals surface area contributed by atoms with E-state index in [2.05, 4.69) is 116 Å². The third-order valence-corrected chi connectivity index (χ3v) is 14.0. The van der Waals surface area contributed by atoms with Crippen LogP contribution in [0.2, 0.25) is 0 Å². The Bertz CT molecular complexity index is 1570. The highest BCUT2D eigenvalue weighted by molar-refractivity contribution is 7.47. The number of unbranched alkanes of at least 4 members (excludes halogenated alkanes) is 25. The number of aliphatic hydroxyl groups excluding tert-OH is 1. The Labute approximate surface area is 457 Å². The van der Waals surface area contributed by atoms with Crippen LogP contribution < -0.4 is 5.32 Å². The summed E-state index contributed by atoms with van der Waals surface area (Å²) in [5.74, 6) is -0.190. The van der Waals surface area contributed by atoms with E-state index < -0.39 is 20.0 Å². The summed E-state index contributed by atoms with van der Waals surface area (Å²) in [6.45, 7) is 4.67. The summed E-state index contributed by atoms with van der Waals surface area (Å²) in [7, 11) is 1.55. The van der Waals surface area contributed by atoms with Crippen LogP contribution in [0.15, 0.2) is 109 Å². The molecule has 0 aromatic carbocycles. The molecule has 1 amide bonds. The smallest absolute Gasteiger partial charge is 0.387 e. The van der Waals surface area contributed by atoms with Crippen molar-refractivity contribution in [3.63, 3.8) is 0 Å². The molecule has 0 aromatic heterocycles. The molecule has 0 saturated heterocycles. The van der Waals surface area contributed by atoms with Gasteiger partial charge in [0.15, 0.2) is 0 Å². The first kappa shape index (κ1) is 71.2. The lowest BCUT2D eigenvalue weighted by atomic mass is 10.0. The van der Waals surface area contributed by atoms with E-state index in [0.29, 0.717) is 17.4 Å². The van der Waals surface area contributed by atoms with Crippen molar-refractivity contribution in [2.45, 2.75) is 257 Å². The number of rotatable bonds is 54. The van der Waals surface area contributed by atoms with E-state index in [9.17, 15) is 19.4 Å². The normalized spacial score (nSPS) is 14.6. The maximum absolute atomic E-state index is 13.0. The van der Waals surface area contributed by atoms with Crippen LogP contribution in [0.5, 0.6) is 0 Å². The quantitative estimate of drug-likeness (QED) is 0.0243. The van der Waals surface area contributed by atoms with Crippen molar-refractivity contribution in [2.75, 3.05) is 40.9 Å². The summed E-state index contributed by atoms with van der Waals surface area (Å²) in [4.78, 5) is 23.3. The molecule has 3 unspecified atom stereocenters. The van der Waals surface area contributed by atoms with E-state index in [0.717, 1.165) is 83.5 Å². The van der Waals surface area contributed by atoms with Gasteiger partial charge in [-0.1, -0.05) is 258 Å². The summed E-state index contributed by atoms with van der Waals surface area (Å²) in [5, 5.41) is 13.9. The van der Waals surface area contributed by atoms with Crippen LogP contribution in [0, 0.1) is 0 Å². The van der Waals surface area contributed by atoms with Crippen LogP contribution in [0.4, 0.5) is 0 Å². The van der Waals surface area contributed by atoms with Gasteiger partial charge in [-0.05, 0) is 89.9 Å². The molecule has 3 N–H and O–H groups in total. The predicted molar refractivity (Wildman–Crippen MR) is 322 cm³/mol. The Morgan fingerprint density at radius 2 is 0.824 bits per heavy atom. The van der Waals surface area contributed by atoms with Gasteiger partial charge in [0, 0.05) is 6.42 Å². The lowest BCUT2D eigenvalue weighted by Crippen LogP contribution is -2.45. The Balaban J connectivity index is 4.08. The predicted octanol–water partition coefficient (Wildman–Crippen LogP) is 18.8. The highest BCUT2D eigenvalue weighted by Crippen LogP contribution is 2.43. The number of nitrogens with zero attached hydrogens (tertiary/aromatic N) is 1. The number of carbonyl (C=O) groups is 1. The highest BCUT2D eigenvalue weighted by atomic mass is 31.2. The summed E-state index contributed by atoms with van der Waals surface area (Å²) >= 11 is 0. The van der Waals surface area contributed by atoms with E-state index in [4.69, 9.17) is 9.05 Å². The molecule has 3 atom stereocenters. The van der Waals surface area contributed by atoms with Gasteiger partial charge in [0.25, 0.3) is 0 Å². The number of carbonyl (C=O) groups excluding carboxylic acids is 1. The zero-order valence-corrected chi connectivity index (χ0v) is 49.4. The minimum Gasteiger partial charge on any atom is -0.387 e. The molecular formula is C65H116N2O6P+. The lowest BCUT2D eigenvalue weighted by molar-refractivity contribution is -0.870. The van der Waals surface area contributed by atoms with Crippen LogP contribution in [-0.4, -0.2) is 73.4 Å². The van der Waals surface area contributed by atoms with Crippen LogP contribution in [0.1, 0.15) is 245 Å². The van der Waals surface area contributed by atoms with Crippen molar-refractivity contribution >= 4 is 13.7 Å². The van der Waals surface area contributed by atoms with Gasteiger partial charge in [0.2, 0.25) is 5.91 Å². The molecule has 0 bridgehead atoms. The van der Waals surface area contributed by atoms with Crippen LogP contribution in [0.25, 0.3) is 0 Å². The topological polar surface area (TPSA) is 105 Å². The van der Waals surface area contributed by atoms with Crippen molar-refractivity contribution in [1.82, 2.24) is 5.32 Å². The van der Waals surface area contributed by atoms with Crippen LogP contribution >= 0.6 is 7.82 Å². The molecular weight excluding hydrogens is 936 g/mol. The first-order valence-corrected chi connectivity index (χ1v) is 31.8. The molecule has 9 heteroatoms. The number of nitrogens with one attached hydrogen (secondary N) is 1. The van der Waals surface area contributed by atoms with Crippen molar-refractivity contribution in [3.8, 4) is 0 Å². The molecule has 0 aliphatic heterocycles. The van der Waals surface area contributed by atoms with Gasteiger partial charge < -0.3 is 19.8 Å². The van der Waals surface area contributed by atoms with Crippen LogP contribution in [-0.2, 0) is 18.4 Å². The van der Waals surface area contributed by atoms with Gasteiger partial charge in [0.1, 0.15) is 13.2 Å². The molecule has 0 aliphatic carbocycles.